The van der Waals surface area contributed by atoms with E-state index < -0.39 is 17.7 Å². The molecule has 0 amide bonds. The van der Waals surface area contributed by atoms with Gasteiger partial charge < -0.3 is 10.5 Å². The van der Waals surface area contributed by atoms with Crippen LogP contribution in [0.3, 0.4) is 0 Å². The monoisotopic (exact) mass is 277 g/mol. The van der Waals surface area contributed by atoms with Gasteiger partial charge in [0.2, 0.25) is 0 Å². The van der Waals surface area contributed by atoms with Crippen LogP contribution in [0.5, 0.6) is 0 Å². The van der Waals surface area contributed by atoms with Crippen LogP contribution in [0.15, 0.2) is 12.1 Å². The molecule has 102 valence electrons. The molecule has 18 heavy (non-hydrogen) atoms. The summed E-state index contributed by atoms with van der Waals surface area (Å²) in [5.74, 6) is -1.42. The van der Waals surface area contributed by atoms with Crippen molar-refractivity contribution in [3.05, 3.63) is 34.9 Å². The molecule has 1 aliphatic heterocycles. The molecule has 5 heteroatoms. The fraction of sp³-hybridized carbons (Fsp3) is 0.538. The summed E-state index contributed by atoms with van der Waals surface area (Å²) < 4.78 is 32.5. The minimum atomic E-state index is -0.802. The van der Waals surface area contributed by atoms with Crippen molar-refractivity contribution in [2.75, 3.05) is 13.2 Å². The predicted octanol–water partition coefficient (Wildman–Crippen LogP) is 3.12. The van der Waals surface area contributed by atoms with Crippen molar-refractivity contribution in [1.29, 1.82) is 0 Å². The zero-order valence-corrected chi connectivity index (χ0v) is 11.1. The van der Waals surface area contributed by atoms with Gasteiger partial charge >= 0.3 is 0 Å². The molecule has 0 unspecified atom stereocenters. The lowest BCUT2D eigenvalue weighted by molar-refractivity contribution is 0.0579. The average molecular weight is 278 g/mol. The quantitative estimate of drug-likeness (QED) is 0.901. The summed E-state index contributed by atoms with van der Waals surface area (Å²) >= 11 is 0. The Bertz CT molecular complexity index is 408. The molecule has 1 aliphatic rings. The van der Waals surface area contributed by atoms with Crippen molar-refractivity contribution in [2.45, 2.75) is 25.8 Å². The molecule has 1 atom stereocenters. The first-order valence-electron chi connectivity index (χ1n) is 5.89. The number of benzene rings is 1. The third kappa shape index (κ3) is 2.99. The molecule has 0 spiro atoms. The van der Waals surface area contributed by atoms with Crippen molar-refractivity contribution in [3.63, 3.8) is 0 Å². The smallest absolute Gasteiger partial charge is 0.163 e. The van der Waals surface area contributed by atoms with E-state index in [-0.39, 0.29) is 23.9 Å². The largest absolute Gasteiger partial charge is 0.381 e. The van der Waals surface area contributed by atoms with Crippen LogP contribution in [0.2, 0.25) is 0 Å². The van der Waals surface area contributed by atoms with Crippen molar-refractivity contribution in [3.8, 4) is 0 Å². The fourth-order valence-corrected chi connectivity index (χ4v) is 2.25. The standard InChI is InChI=1S/C13H17F2NO.ClH/c1-8-2-3-10(12(15)11(8)14)13(16)9-4-6-17-7-5-9;/h2-3,9,13H,4-7,16H2,1H3;1H/t13-;/m1./s1. The first kappa shape index (κ1) is 15.3. The van der Waals surface area contributed by atoms with E-state index in [0.29, 0.717) is 18.8 Å². The van der Waals surface area contributed by atoms with Gasteiger partial charge in [-0.15, -0.1) is 12.4 Å². The second kappa shape index (κ2) is 6.45. The van der Waals surface area contributed by atoms with E-state index in [2.05, 4.69) is 0 Å². The van der Waals surface area contributed by atoms with Crippen molar-refractivity contribution in [2.24, 2.45) is 11.7 Å². The van der Waals surface area contributed by atoms with Gasteiger partial charge in [0.05, 0.1) is 0 Å². The minimum absolute atomic E-state index is 0. The third-order valence-corrected chi connectivity index (χ3v) is 3.44. The van der Waals surface area contributed by atoms with E-state index >= 15 is 0 Å². The number of hydrogen-bond acceptors (Lipinski definition) is 2. The SMILES string of the molecule is Cc1ccc([C@H](N)C2CCOCC2)c(F)c1F.Cl. The highest BCUT2D eigenvalue weighted by Crippen LogP contribution is 2.30. The highest BCUT2D eigenvalue weighted by molar-refractivity contribution is 5.85. The van der Waals surface area contributed by atoms with E-state index in [1.165, 1.54) is 0 Å². The fourth-order valence-electron chi connectivity index (χ4n) is 2.25. The van der Waals surface area contributed by atoms with Gasteiger partial charge in [-0.05, 0) is 31.2 Å². The lowest BCUT2D eigenvalue weighted by Crippen LogP contribution is -2.28. The molecule has 0 aromatic heterocycles. The highest BCUT2D eigenvalue weighted by atomic mass is 35.5. The van der Waals surface area contributed by atoms with E-state index in [1.54, 1.807) is 19.1 Å². The molecule has 2 nitrogen and oxygen atoms in total. The van der Waals surface area contributed by atoms with Crippen molar-refractivity contribution >= 4 is 12.4 Å². The highest BCUT2D eigenvalue weighted by Gasteiger charge is 2.25. The summed E-state index contributed by atoms with van der Waals surface area (Å²) in [6.07, 6.45) is 1.60. The summed E-state index contributed by atoms with van der Waals surface area (Å²) in [5, 5.41) is 0. The van der Waals surface area contributed by atoms with Crippen LogP contribution < -0.4 is 5.73 Å². The number of aryl methyl sites for hydroxylation is 1. The Morgan fingerprint density at radius 1 is 1.22 bits per heavy atom. The maximum atomic E-state index is 13.8. The molecule has 2 N–H and O–H groups in total. The second-order valence-electron chi connectivity index (χ2n) is 4.58. The van der Waals surface area contributed by atoms with Crippen molar-refractivity contribution in [1.82, 2.24) is 0 Å². The van der Waals surface area contributed by atoms with Crippen LogP contribution in [-0.4, -0.2) is 13.2 Å². The van der Waals surface area contributed by atoms with Crippen LogP contribution in [0.4, 0.5) is 8.78 Å². The molecule has 0 saturated carbocycles. The number of halogens is 3. The van der Waals surface area contributed by atoms with Gasteiger partial charge in [-0.25, -0.2) is 8.78 Å². The van der Waals surface area contributed by atoms with Gasteiger partial charge in [0.1, 0.15) is 0 Å². The van der Waals surface area contributed by atoms with Crippen LogP contribution in [-0.2, 0) is 4.74 Å². The Hall–Kier alpha value is -0.710. The molecule has 1 saturated heterocycles. The molecule has 1 heterocycles. The number of nitrogens with two attached hydrogens (primary N) is 1. The van der Waals surface area contributed by atoms with Crippen LogP contribution in [0.25, 0.3) is 0 Å². The zero-order valence-electron chi connectivity index (χ0n) is 10.3. The van der Waals surface area contributed by atoms with Crippen molar-refractivity contribution < 1.29 is 13.5 Å². The van der Waals surface area contributed by atoms with E-state index in [4.69, 9.17) is 10.5 Å². The van der Waals surface area contributed by atoms with Crippen LogP contribution in [0, 0.1) is 24.5 Å². The molecule has 1 aromatic rings. The molecule has 1 aromatic carbocycles. The minimum Gasteiger partial charge on any atom is -0.381 e. The topological polar surface area (TPSA) is 35.2 Å². The Labute approximate surface area is 112 Å². The molecular formula is C13H18ClF2NO. The van der Waals surface area contributed by atoms with Crippen LogP contribution in [0.1, 0.15) is 30.0 Å². The Morgan fingerprint density at radius 3 is 2.44 bits per heavy atom. The van der Waals surface area contributed by atoms with Gasteiger partial charge in [0.15, 0.2) is 11.6 Å². The summed E-state index contributed by atoms with van der Waals surface area (Å²) in [4.78, 5) is 0. The number of rotatable bonds is 2. The molecule has 0 bridgehead atoms. The average Bonchev–Trinajstić information content (AvgIpc) is 2.36. The maximum absolute atomic E-state index is 13.8. The first-order chi connectivity index (χ1) is 8.11. The predicted molar refractivity (Wildman–Crippen MR) is 68.8 cm³/mol. The lowest BCUT2D eigenvalue weighted by atomic mass is 9.87. The van der Waals surface area contributed by atoms with E-state index in [1.807, 2.05) is 0 Å². The normalized spacial score (nSPS) is 18.2. The van der Waals surface area contributed by atoms with Crippen LogP contribution >= 0.6 is 12.4 Å². The zero-order chi connectivity index (χ0) is 12.4. The summed E-state index contributed by atoms with van der Waals surface area (Å²) in [6.45, 7) is 2.84. The summed E-state index contributed by atoms with van der Waals surface area (Å²) in [7, 11) is 0. The molecular weight excluding hydrogens is 260 g/mol. The third-order valence-electron chi connectivity index (χ3n) is 3.44. The van der Waals surface area contributed by atoms with Gasteiger partial charge in [0.25, 0.3) is 0 Å². The van der Waals surface area contributed by atoms with E-state index in [0.717, 1.165) is 12.8 Å². The van der Waals surface area contributed by atoms with Gasteiger partial charge in [-0.2, -0.15) is 0 Å². The Balaban J connectivity index is 0.00000162. The molecule has 0 radical (unpaired) electrons. The number of hydrogen-bond donors (Lipinski definition) is 1. The Morgan fingerprint density at radius 2 is 1.83 bits per heavy atom. The van der Waals surface area contributed by atoms with Gasteiger partial charge in [-0.3, -0.25) is 0 Å². The first-order valence-corrected chi connectivity index (χ1v) is 5.89. The summed E-state index contributed by atoms with van der Waals surface area (Å²) in [5.41, 5.74) is 6.62. The van der Waals surface area contributed by atoms with Gasteiger partial charge in [-0.1, -0.05) is 12.1 Å². The van der Waals surface area contributed by atoms with Gasteiger partial charge in [0, 0.05) is 24.8 Å². The molecule has 1 fully saturated rings. The molecule has 0 aliphatic carbocycles. The number of ether oxygens (including phenoxy) is 1. The molecule has 2 rings (SSSR count). The second-order valence-corrected chi connectivity index (χ2v) is 4.58. The maximum Gasteiger partial charge on any atom is 0.163 e. The summed E-state index contributed by atoms with van der Waals surface area (Å²) in [6, 6.07) is 2.72. The lowest BCUT2D eigenvalue weighted by Gasteiger charge is -2.28. The van der Waals surface area contributed by atoms with E-state index in [9.17, 15) is 8.78 Å². The Kier molecular flexibility index (Phi) is 5.50.